The van der Waals surface area contributed by atoms with Gasteiger partial charge < -0.3 is 14.8 Å². The molecule has 0 saturated carbocycles. The molecule has 0 aliphatic carbocycles. The molecule has 0 spiro atoms. The van der Waals surface area contributed by atoms with E-state index in [0.717, 1.165) is 11.8 Å². The average Bonchev–Trinajstić information content (AvgIpc) is 3.12. The lowest BCUT2D eigenvalue weighted by Crippen LogP contribution is -2.21. The number of nitrogens with zero attached hydrogens (tertiary/aromatic N) is 2. The zero-order chi connectivity index (χ0) is 22.2. The minimum Gasteiger partial charge on any atom is -0.452 e. The lowest BCUT2D eigenvalue weighted by Gasteiger charge is -2.08. The summed E-state index contributed by atoms with van der Waals surface area (Å²) in [6, 6.07) is 16.7. The number of amides is 1. The van der Waals surface area contributed by atoms with Gasteiger partial charge in [-0.2, -0.15) is 13.9 Å². The molecule has 0 saturated heterocycles. The fourth-order valence-corrected chi connectivity index (χ4v) is 2.64. The highest BCUT2D eigenvalue weighted by Crippen LogP contribution is 2.17. The van der Waals surface area contributed by atoms with E-state index in [2.05, 4.69) is 15.2 Å². The van der Waals surface area contributed by atoms with Crippen LogP contribution in [-0.4, -0.2) is 34.9 Å². The normalized spacial score (nSPS) is 11.0. The third-order valence-corrected chi connectivity index (χ3v) is 3.96. The number of nitrogens with one attached hydrogen (secondary N) is 1. The Labute approximate surface area is 176 Å². The van der Waals surface area contributed by atoms with Crippen LogP contribution in [0.5, 0.6) is 5.75 Å². The summed E-state index contributed by atoms with van der Waals surface area (Å²) in [5, 5.41) is 7.01. The topological polar surface area (TPSA) is 82.5 Å². The van der Waals surface area contributed by atoms with Gasteiger partial charge in [-0.15, -0.1) is 0 Å². The molecular formula is C22H19F2N3O4. The van der Waals surface area contributed by atoms with E-state index in [4.69, 9.17) is 4.74 Å². The van der Waals surface area contributed by atoms with Crippen molar-refractivity contribution in [3.8, 4) is 11.4 Å². The number of hydrogen-bond acceptors (Lipinski definition) is 5. The van der Waals surface area contributed by atoms with Gasteiger partial charge in [-0.25, -0.2) is 9.48 Å². The fraction of sp³-hybridized carbons (Fsp3) is 0.136. The number of hydrogen-bond donors (Lipinski definition) is 1. The van der Waals surface area contributed by atoms with Crippen molar-refractivity contribution in [3.63, 3.8) is 0 Å². The number of carbonyl (C=O) groups excluding carboxylic acids is 2. The maximum Gasteiger partial charge on any atom is 0.387 e. The maximum atomic E-state index is 12.2. The van der Waals surface area contributed by atoms with Crippen LogP contribution >= 0.6 is 0 Å². The summed E-state index contributed by atoms with van der Waals surface area (Å²) in [6.45, 7) is -1.59. The molecule has 0 bridgehead atoms. The molecule has 0 aliphatic heterocycles. The van der Waals surface area contributed by atoms with Gasteiger partial charge in [0.05, 0.1) is 11.4 Å². The first-order valence-corrected chi connectivity index (χ1v) is 9.22. The number of ether oxygens (including phenoxy) is 2. The van der Waals surface area contributed by atoms with Crippen molar-refractivity contribution in [1.29, 1.82) is 0 Å². The van der Waals surface area contributed by atoms with Gasteiger partial charge in [0.25, 0.3) is 5.91 Å². The van der Waals surface area contributed by atoms with Crippen LogP contribution < -0.4 is 10.1 Å². The highest BCUT2D eigenvalue weighted by Gasteiger charge is 2.12. The highest BCUT2D eigenvalue weighted by molar-refractivity contribution is 5.94. The predicted molar refractivity (Wildman–Crippen MR) is 110 cm³/mol. The van der Waals surface area contributed by atoms with Crippen LogP contribution in [0.15, 0.2) is 66.7 Å². The van der Waals surface area contributed by atoms with Crippen molar-refractivity contribution in [1.82, 2.24) is 9.78 Å². The van der Waals surface area contributed by atoms with Crippen LogP contribution in [0.1, 0.15) is 11.3 Å². The molecule has 1 amide bonds. The van der Waals surface area contributed by atoms with Gasteiger partial charge in [-0.1, -0.05) is 30.3 Å². The van der Waals surface area contributed by atoms with Crippen LogP contribution in [0.3, 0.4) is 0 Å². The molecule has 0 radical (unpaired) electrons. The van der Waals surface area contributed by atoms with Crippen LogP contribution in [-0.2, 0) is 14.3 Å². The van der Waals surface area contributed by atoms with E-state index in [1.54, 1.807) is 17.7 Å². The Kier molecular flexibility index (Phi) is 7.10. The standard InChI is InChI=1S/C22H19F2N3O4/c1-15-13-19(27(26-15)17-5-3-2-4-6-17)25-20(28)14-30-21(29)12-9-16-7-10-18(11-8-16)31-22(23)24/h2-13,22H,14H2,1H3,(H,25,28)/b12-9+. The van der Waals surface area contributed by atoms with Gasteiger partial charge in [0, 0.05) is 12.1 Å². The summed E-state index contributed by atoms with van der Waals surface area (Å²) in [7, 11) is 0. The average molecular weight is 427 g/mol. The minimum absolute atomic E-state index is 0.0105. The second-order valence-corrected chi connectivity index (χ2v) is 6.36. The number of alkyl halides is 2. The molecule has 0 fully saturated rings. The molecule has 1 aromatic heterocycles. The highest BCUT2D eigenvalue weighted by atomic mass is 19.3. The van der Waals surface area contributed by atoms with E-state index in [1.807, 2.05) is 30.3 Å². The second-order valence-electron chi connectivity index (χ2n) is 6.36. The zero-order valence-corrected chi connectivity index (χ0v) is 16.5. The van der Waals surface area contributed by atoms with E-state index in [1.165, 1.54) is 30.3 Å². The number of aryl methyl sites for hydroxylation is 1. The van der Waals surface area contributed by atoms with Crippen LogP contribution in [0.2, 0.25) is 0 Å². The monoisotopic (exact) mass is 427 g/mol. The Hall–Kier alpha value is -4.01. The van der Waals surface area contributed by atoms with Gasteiger partial charge in [0.1, 0.15) is 11.6 Å². The molecule has 0 aliphatic rings. The lowest BCUT2D eigenvalue weighted by molar-refractivity contribution is -0.142. The van der Waals surface area contributed by atoms with Gasteiger partial charge >= 0.3 is 12.6 Å². The molecule has 0 unspecified atom stereocenters. The number of carbonyl (C=O) groups is 2. The number of halogens is 2. The molecule has 0 atom stereocenters. The Morgan fingerprint density at radius 2 is 1.84 bits per heavy atom. The van der Waals surface area contributed by atoms with E-state index < -0.39 is 25.1 Å². The summed E-state index contributed by atoms with van der Waals surface area (Å²) >= 11 is 0. The molecule has 7 nitrogen and oxygen atoms in total. The molecule has 1 N–H and O–H groups in total. The van der Waals surface area contributed by atoms with Gasteiger partial charge in [-0.3, -0.25) is 4.79 Å². The molecular weight excluding hydrogens is 408 g/mol. The Morgan fingerprint density at radius 3 is 2.52 bits per heavy atom. The number of anilines is 1. The molecule has 2 aromatic carbocycles. The van der Waals surface area contributed by atoms with E-state index >= 15 is 0 Å². The fourth-order valence-electron chi connectivity index (χ4n) is 2.64. The SMILES string of the molecule is Cc1cc(NC(=O)COC(=O)/C=C/c2ccc(OC(F)F)cc2)n(-c2ccccc2)n1. The number of esters is 1. The molecule has 160 valence electrons. The first kappa shape index (κ1) is 21.7. The molecule has 31 heavy (non-hydrogen) atoms. The summed E-state index contributed by atoms with van der Waals surface area (Å²) in [5.41, 5.74) is 2.06. The first-order valence-electron chi connectivity index (χ1n) is 9.22. The van der Waals surface area contributed by atoms with Crippen molar-refractivity contribution < 1.29 is 27.8 Å². The number of rotatable bonds is 8. The van der Waals surface area contributed by atoms with Gasteiger partial charge in [0.15, 0.2) is 6.61 Å². The Balaban J connectivity index is 1.52. The predicted octanol–water partition coefficient (Wildman–Crippen LogP) is 3.98. The number of benzene rings is 2. The van der Waals surface area contributed by atoms with Crippen molar-refractivity contribution >= 4 is 23.8 Å². The van der Waals surface area contributed by atoms with Gasteiger partial charge in [0.2, 0.25) is 0 Å². The smallest absolute Gasteiger partial charge is 0.387 e. The van der Waals surface area contributed by atoms with E-state index in [9.17, 15) is 18.4 Å². The second kappa shape index (κ2) is 10.1. The number of aromatic nitrogens is 2. The third kappa shape index (κ3) is 6.49. The Morgan fingerprint density at radius 1 is 1.13 bits per heavy atom. The van der Waals surface area contributed by atoms with Crippen molar-refractivity contribution in [2.24, 2.45) is 0 Å². The molecule has 3 rings (SSSR count). The summed E-state index contributed by atoms with van der Waals surface area (Å²) in [4.78, 5) is 24.0. The lowest BCUT2D eigenvalue weighted by atomic mass is 10.2. The van der Waals surface area contributed by atoms with E-state index in [-0.39, 0.29) is 5.75 Å². The largest absolute Gasteiger partial charge is 0.452 e. The quantitative estimate of drug-likeness (QED) is 0.434. The van der Waals surface area contributed by atoms with Crippen LogP contribution in [0, 0.1) is 6.92 Å². The van der Waals surface area contributed by atoms with Crippen molar-refractivity contribution in [2.75, 3.05) is 11.9 Å². The number of para-hydroxylation sites is 1. The van der Waals surface area contributed by atoms with Crippen molar-refractivity contribution in [2.45, 2.75) is 13.5 Å². The molecule has 9 heteroatoms. The minimum atomic E-state index is -2.90. The molecule has 3 aromatic rings. The third-order valence-electron chi connectivity index (χ3n) is 3.96. The first-order chi connectivity index (χ1) is 14.9. The summed E-state index contributed by atoms with van der Waals surface area (Å²) in [5.74, 6) is -0.786. The summed E-state index contributed by atoms with van der Waals surface area (Å²) < 4.78 is 35.0. The van der Waals surface area contributed by atoms with Crippen molar-refractivity contribution in [3.05, 3.63) is 78.0 Å². The maximum absolute atomic E-state index is 12.2. The molecule has 1 heterocycles. The van der Waals surface area contributed by atoms with E-state index in [0.29, 0.717) is 17.1 Å². The van der Waals surface area contributed by atoms with Gasteiger partial charge in [-0.05, 0) is 42.8 Å². The summed E-state index contributed by atoms with van der Waals surface area (Å²) in [6.07, 6.45) is 2.56. The van der Waals surface area contributed by atoms with Crippen LogP contribution in [0.4, 0.5) is 14.6 Å². The Bertz CT molecular complexity index is 1060. The zero-order valence-electron chi connectivity index (χ0n) is 16.5. The van der Waals surface area contributed by atoms with Crippen LogP contribution in [0.25, 0.3) is 11.8 Å².